The fourth-order valence-electron chi connectivity index (χ4n) is 3.72. The molecule has 3 rings (SSSR count). The van der Waals surface area contributed by atoms with Gasteiger partial charge in [0.05, 0.1) is 24.8 Å². The minimum absolute atomic E-state index is 0.0180. The van der Waals surface area contributed by atoms with Crippen molar-refractivity contribution >= 4 is 35.2 Å². The molecule has 1 aliphatic heterocycles. The van der Waals surface area contributed by atoms with Gasteiger partial charge in [-0.25, -0.2) is 14.1 Å². The first-order chi connectivity index (χ1) is 15.8. The maximum atomic E-state index is 16.6. The Kier molecular flexibility index (Phi) is 6.79. The normalized spacial score (nSPS) is 18.4. The van der Waals surface area contributed by atoms with Gasteiger partial charge in [0.1, 0.15) is 5.75 Å². The van der Waals surface area contributed by atoms with E-state index in [1.54, 1.807) is 6.92 Å². The Morgan fingerprint density at radius 3 is 2.44 bits per heavy atom. The first-order valence-corrected chi connectivity index (χ1v) is 10.3. The number of hydrogen-bond donors (Lipinski definition) is 2. The molecule has 2 N–H and O–H groups in total. The third-order valence-electron chi connectivity index (χ3n) is 5.41. The van der Waals surface area contributed by atoms with Crippen molar-refractivity contribution in [1.82, 2.24) is 5.32 Å². The highest BCUT2D eigenvalue weighted by molar-refractivity contribution is 6.31. The predicted octanol–water partition coefficient (Wildman–Crippen LogP) is 4.89. The van der Waals surface area contributed by atoms with Gasteiger partial charge in [-0.2, -0.15) is 13.2 Å². The van der Waals surface area contributed by atoms with E-state index in [1.165, 1.54) is 19.2 Å². The predicted molar refractivity (Wildman–Crippen MR) is 114 cm³/mol. The number of nitrogens with one attached hydrogen (secondary N) is 1. The second kappa shape index (κ2) is 9.13. The lowest BCUT2D eigenvalue weighted by molar-refractivity contribution is -0.138. The zero-order valence-electron chi connectivity index (χ0n) is 17.9. The summed E-state index contributed by atoms with van der Waals surface area (Å²) in [7, 11) is 1.20. The Morgan fingerprint density at radius 1 is 1.21 bits per heavy atom. The van der Waals surface area contributed by atoms with Crippen LogP contribution in [0.1, 0.15) is 36.5 Å². The summed E-state index contributed by atoms with van der Waals surface area (Å²) >= 11 is 5.98. The number of carboxylic acids is 1. The molecule has 2 aromatic rings. The molecule has 2 unspecified atom stereocenters. The molecule has 0 fully saturated rings. The SMILES string of the molecule is CCC(CC(=O)O)NC(=O)N1C(=O)C(F)(c2cc(Cl)ccc2OC)c2ccc(C(F)(F)F)cc21. The summed E-state index contributed by atoms with van der Waals surface area (Å²) in [6.45, 7) is 1.56. The van der Waals surface area contributed by atoms with Crippen molar-refractivity contribution in [3.05, 3.63) is 58.1 Å². The number of urea groups is 1. The van der Waals surface area contributed by atoms with E-state index in [0.717, 1.165) is 12.1 Å². The number of rotatable bonds is 6. The maximum Gasteiger partial charge on any atom is 0.416 e. The number of ether oxygens (including phenoxy) is 1. The van der Waals surface area contributed by atoms with Gasteiger partial charge in [-0.15, -0.1) is 0 Å². The lowest BCUT2D eigenvalue weighted by Gasteiger charge is -2.24. The van der Waals surface area contributed by atoms with Crippen LogP contribution in [0, 0.1) is 0 Å². The fraction of sp³-hybridized carbons (Fsp3) is 0.318. The van der Waals surface area contributed by atoms with Crippen LogP contribution in [0.5, 0.6) is 5.75 Å². The zero-order chi connectivity index (χ0) is 25.4. The number of benzene rings is 2. The molecule has 0 saturated heterocycles. The topological polar surface area (TPSA) is 95.9 Å². The van der Waals surface area contributed by atoms with Crippen LogP contribution in [0.3, 0.4) is 0 Å². The minimum atomic E-state index is -4.84. The zero-order valence-corrected chi connectivity index (χ0v) is 18.6. The molecule has 2 aromatic carbocycles. The number of hydrogen-bond acceptors (Lipinski definition) is 4. The van der Waals surface area contributed by atoms with Crippen molar-refractivity contribution in [2.24, 2.45) is 0 Å². The number of carbonyl (C=O) groups is 3. The quantitative estimate of drug-likeness (QED) is 0.548. The second-order valence-electron chi connectivity index (χ2n) is 7.53. The molecule has 12 heteroatoms. The van der Waals surface area contributed by atoms with E-state index in [4.69, 9.17) is 21.4 Å². The number of imide groups is 1. The summed E-state index contributed by atoms with van der Waals surface area (Å²) in [5, 5.41) is 11.3. The molecule has 0 aromatic heterocycles. The van der Waals surface area contributed by atoms with Gasteiger partial charge in [0, 0.05) is 22.2 Å². The average molecular weight is 503 g/mol. The van der Waals surface area contributed by atoms with Gasteiger partial charge >= 0.3 is 18.2 Å². The molecule has 3 amide bonds. The van der Waals surface area contributed by atoms with Crippen LogP contribution in [-0.2, 0) is 21.4 Å². The molecule has 182 valence electrons. The molecule has 0 saturated carbocycles. The molecular weight excluding hydrogens is 484 g/mol. The number of fused-ring (bicyclic) bond motifs is 1. The number of alkyl halides is 4. The molecule has 34 heavy (non-hydrogen) atoms. The summed E-state index contributed by atoms with van der Waals surface area (Å²) in [6, 6.07) is 3.36. The van der Waals surface area contributed by atoms with Crippen molar-refractivity contribution in [3.8, 4) is 5.75 Å². The molecule has 2 atom stereocenters. The lowest BCUT2D eigenvalue weighted by Crippen LogP contribution is -2.49. The molecule has 7 nitrogen and oxygen atoms in total. The van der Waals surface area contributed by atoms with Gasteiger partial charge in [-0.1, -0.05) is 24.6 Å². The molecule has 0 bridgehead atoms. The Morgan fingerprint density at radius 2 is 1.88 bits per heavy atom. The van der Waals surface area contributed by atoms with Gasteiger partial charge in [-0.05, 0) is 36.8 Å². The molecule has 1 aliphatic rings. The molecule has 0 aliphatic carbocycles. The Hall–Kier alpha value is -3.34. The smallest absolute Gasteiger partial charge is 0.416 e. The molecule has 1 heterocycles. The number of anilines is 1. The van der Waals surface area contributed by atoms with Crippen molar-refractivity contribution in [1.29, 1.82) is 0 Å². The number of halogens is 5. The Balaban J connectivity index is 2.20. The maximum absolute atomic E-state index is 16.6. The van der Waals surface area contributed by atoms with E-state index >= 15 is 4.39 Å². The number of nitrogens with zero attached hydrogens (tertiary/aromatic N) is 1. The standard InChI is InChI=1S/C22H19ClF4N2O5/c1-3-13(10-18(30)31)28-20(33)29-16-8-11(22(25,26)27)4-6-14(16)21(24,19(29)32)15-9-12(23)5-7-17(15)34-2/h4-9,13H,3,10H2,1-2H3,(H,28,33)(H,30,31). The van der Waals surface area contributed by atoms with E-state index in [2.05, 4.69) is 5.32 Å². The number of aliphatic carboxylic acids is 1. The molecule has 0 radical (unpaired) electrons. The third-order valence-corrected chi connectivity index (χ3v) is 5.65. The molecule has 0 spiro atoms. The monoisotopic (exact) mass is 502 g/mol. The average Bonchev–Trinajstić information content (AvgIpc) is 2.99. The highest BCUT2D eigenvalue weighted by Gasteiger charge is 2.57. The number of carboxylic acid groups (broad SMARTS) is 1. The van der Waals surface area contributed by atoms with Crippen molar-refractivity contribution in [2.45, 2.75) is 37.7 Å². The number of amides is 3. The molecular formula is C22H19ClF4N2O5. The highest BCUT2D eigenvalue weighted by atomic mass is 35.5. The third kappa shape index (κ3) is 4.39. The summed E-state index contributed by atoms with van der Waals surface area (Å²) in [6.07, 6.45) is -5.22. The van der Waals surface area contributed by atoms with Crippen LogP contribution in [-0.4, -0.2) is 36.2 Å². The van der Waals surface area contributed by atoms with E-state index in [-0.39, 0.29) is 22.1 Å². The van der Waals surface area contributed by atoms with E-state index in [9.17, 15) is 27.6 Å². The minimum Gasteiger partial charge on any atom is -0.496 e. The summed E-state index contributed by atoms with van der Waals surface area (Å²) in [4.78, 5) is 37.6. The first-order valence-electron chi connectivity index (χ1n) is 9.96. The Bertz CT molecular complexity index is 1160. The first kappa shape index (κ1) is 25.3. The second-order valence-corrected chi connectivity index (χ2v) is 7.96. The van der Waals surface area contributed by atoms with Gasteiger partial charge < -0.3 is 15.2 Å². The fourth-order valence-corrected chi connectivity index (χ4v) is 3.89. The van der Waals surface area contributed by atoms with Crippen LogP contribution in [0.25, 0.3) is 0 Å². The highest BCUT2D eigenvalue weighted by Crippen LogP contribution is 2.51. The summed E-state index contributed by atoms with van der Waals surface area (Å²) in [5.41, 5.74) is -5.88. The van der Waals surface area contributed by atoms with Crippen LogP contribution in [0.15, 0.2) is 36.4 Å². The van der Waals surface area contributed by atoms with Crippen LogP contribution >= 0.6 is 11.6 Å². The van der Waals surface area contributed by atoms with E-state index in [0.29, 0.717) is 12.1 Å². The van der Waals surface area contributed by atoms with E-state index in [1.807, 2.05) is 0 Å². The van der Waals surface area contributed by atoms with Gasteiger partial charge in [0.2, 0.25) is 5.67 Å². The summed E-state index contributed by atoms with van der Waals surface area (Å²) in [5.74, 6) is -2.86. The van der Waals surface area contributed by atoms with Crippen LogP contribution in [0.4, 0.5) is 28.0 Å². The van der Waals surface area contributed by atoms with Crippen LogP contribution < -0.4 is 15.0 Å². The van der Waals surface area contributed by atoms with Gasteiger partial charge in [0.15, 0.2) is 0 Å². The van der Waals surface area contributed by atoms with Crippen molar-refractivity contribution in [2.75, 3.05) is 12.0 Å². The summed E-state index contributed by atoms with van der Waals surface area (Å²) < 4.78 is 61.9. The Labute approximate surface area is 196 Å². The van der Waals surface area contributed by atoms with Crippen molar-refractivity contribution in [3.63, 3.8) is 0 Å². The van der Waals surface area contributed by atoms with Crippen molar-refractivity contribution < 1.29 is 41.8 Å². The van der Waals surface area contributed by atoms with E-state index < -0.39 is 64.6 Å². The van der Waals surface area contributed by atoms with Crippen LogP contribution in [0.2, 0.25) is 5.02 Å². The largest absolute Gasteiger partial charge is 0.496 e. The van der Waals surface area contributed by atoms with Gasteiger partial charge in [0.25, 0.3) is 5.91 Å². The number of methoxy groups -OCH3 is 1. The van der Waals surface area contributed by atoms with Gasteiger partial charge in [-0.3, -0.25) is 9.59 Å². The number of carbonyl (C=O) groups excluding carboxylic acids is 2. The lowest BCUT2D eigenvalue weighted by atomic mass is 9.88.